The molecule has 168 valence electrons. The van der Waals surface area contributed by atoms with Crippen molar-refractivity contribution in [1.29, 1.82) is 0 Å². The molecule has 10 nitrogen and oxygen atoms in total. The average Bonchev–Trinajstić information content (AvgIpc) is 2.82. The molecule has 2 aromatic carbocycles. The van der Waals surface area contributed by atoms with Gasteiger partial charge in [0.25, 0.3) is 17.5 Å². The highest BCUT2D eigenvalue weighted by molar-refractivity contribution is 5.97. The van der Waals surface area contributed by atoms with E-state index in [2.05, 4.69) is 17.8 Å². The second-order valence-corrected chi connectivity index (χ2v) is 7.94. The van der Waals surface area contributed by atoms with Gasteiger partial charge in [-0.2, -0.15) is 0 Å². The average molecular weight is 440 g/mol. The van der Waals surface area contributed by atoms with Crippen molar-refractivity contribution in [3.8, 4) is 11.5 Å². The summed E-state index contributed by atoms with van der Waals surface area (Å²) in [7, 11) is 0. The van der Waals surface area contributed by atoms with Gasteiger partial charge in [-0.25, -0.2) is 0 Å². The molecule has 10 heteroatoms. The maximum Gasteiger partial charge on any atom is 0.293 e. The van der Waals surface area contributed by atoms with Crippen molar-refractivity contribution in [2.24, 2.45) is 5.92 Å². The molecule has 0 spiro atoms. The number of para-hydroxylation sites is 2. The Morgan fingerprint density at radius 2 is 1.81 bits per heavy atom. The largest absolute Gasteiger partial charge is 0.485 e. The Morgan fingerprint density at radius 3 is 2.53 bits per heavy atom. The number of nitro benzene ring substituents is 1. The van der Waals surface area contributed by atoms with Gasteiger partial charge in [0.2, 0.25) is 6.10 Å². The topological polar surface area (TPSA) is 123 Å². The zero-order valence-corrected chi connectivity index (χ0v) is 17.6. The minimum absolute atomic E-state index is 0.00661. The van der Waals surface area contributed by atoms with E-state index in [-0.39, 0.29) is 17.9 Å². The zero-order chi connectivity index (χ0) is 22.7. The van der Waals surface area contributed by atoms with Gasteiger partial charge in [-0.05, 0) is 43.0 Å². The lowest BCUT2D eigenvalue weighted by Crippen LogP contribution is -2.50. The van der Waals surface area contributed by atoms with Crippen molar-refractivity contribution in [2.75, 3.05) is 24.6 Å². The Bertz CT molecular complexity index is 1030. The van der Waals surface area contributed by atoms with Crippen LogP contribution in [0.3, 0.4) is 0 Å². The number of nitro groups is 1. The molecule has 1 fully saturated rings. The van der Waals surface area contributed by atoms with Crippen molar-refractivity contribution in [3.63, 3.8) is 0 Å². The van der Waals surface area contributed by atoms with Crippen LogP contribution >= 0.6 is 0 Å². The van der Waals surface area contributed by atoms with Gasteiger partial charge < -0.3 is 14.4 Å². The van der Waals surface area contributed by atoms with Crippen molar-refractivity contribution in [2.45, 2.75) is 25.9 Å². The molecule has 0 saturated carbocycles. The highest BCUT2D eigenvalue weighted by atomic mass is 16.6. The van der Waals surface area contributed by atoms with Gasteiger partial charge in [0.05, 0.1) is 4.92 Å². The number of benzene rings is 2. The van der Waals surface area contributed by atoms with Crippen LogP contribution in [0.1, 0.15) is 30.1 Å². The number of ether oxygens (including phenoxy) is 2. The minimum Gasteiger partial charge on any atom is -0.485 e. The maximum atomic E-state index is 12.5. The molecule has 0 aromatic heterocycles. The first-order valence-corrected chi connectivity index (χ1v) is 10.4. The normalized spacial score (nSPS) is 18.0. The molecule has 1 atom stereocenters. The monoisotopic (exact) mass is 440 g/mol. The van der Waals surface area contributed by atoms with Gasteiger partial charge in [0.15, 0.2) is 11.5 Å². The molecule has 2 heterocycles. The maximum absolute atomic E-state index is 12.5. The second-order valence-electron chi connectivity index (χ2n) is 7.94. The summed E-state index contributed by atoms with van der Waals surface area (Å²) in [4.78, 5) is 38.0. The summed E-state index contributed by atoms with van der Waals surface area (Å²) >= 11 is 0. The van der Waals surface area contributed by atoms with Crippen LogP contribution in [0.15, 0.2) is 42.5 Å². The van der Waals surface area contributed by atoms with Gasteiger partial charge in [0, 0.05) is 24.7 Å². The third-order valence-corrected chi connectivity index (χ3v) is 5.66. The lowest BCUT2D eigenvalue weighted by Gasteiger charge is -2.31. The second kappa shape index (κ2) is 9.13. The molecule has 2 aromatic rings. The summed E-state index contributed by atoms with van der Waals surface area (Å²) in [6, 6.07) is 11.3. The van der Waals surface area contributed by atoms with Crippen LogP contribution in [-0.2, 0) is 4.79 Å². The fourth-order valence-corrected chi connectivity index (χ4v) is 3.75. The zero-order valence-electron chi connectivity index (χ0n) is 17.6. The highest BCUT2D eigenvalue weighted by Gasteiger charge is 2.28. The quantitative estimate of drug-likeness (QED) is 0.553. The molecule has 2 amide bonds. The summed E-state index contributed by atoms with van der Waals surface area (Å²) in [5.41, 5.74) is 4.99. The third-order valence-electron chi connectivity index (χ3n) is 5.66. The van der Waals surface area contributed by atoms with Gasteiger partial charge in [0.1, 0.15) is 12.3 Å². The number of anilines is 1. The molecular weight excluding hydrogens is 416 g/mol. The Balaban J connectivity index is 1.39. The highest BCUT2D eigenvalue weighted by Crippen LogP contribution is 2.33. The number of fused-ring (bicyclic) bond motifs is 1. The number of hydrogen-bond acceptors (Lipinski definition) is 7. The van der Waals surface area contributed by atoms with E-state index >= 15 is 0 Å². The number of nitrogens with zero attached hydrogens (tertiary/aromatic N) is 2. The molecule has 1 saturated heterocycles. The first kappa shape index (κ1) is 21.4. The summed E-state index contributed by atoms with van der Waals surface area (Å²) in [5.74, 6) is 0.296. The Labute approximate surface area is 184 Å². The Hall–Kier alpha value is -3.82. The molecule has 2 N–H and O–H groups in total. The standard InChI is InChI=1S/C22H24N4O6/c1-14-8-10-25(11-9-14)16-7-6-15(12-17(16)26(29)30)21(27)23-24-22(28)20-13-31-18-4-2-3-5-19(18)32-20/h2-7,12,14,20H,8-11,13H2,1H3,(H,23,27)(H,24,28)/t20-/m0/s1. The molecule has 4 rings (SSSR count). The first-order valence-electron chi connectivity index (χ1n) is 10.4. The van der Waals surface area contributed by atoms with E-state index in [0.29, 0.717) is 23.1 Å². The fourth-order valence-electron chi connectivity index (χ4n) is 3.75. The number of carbonyl (C=O) groups excluding carboxylic acids is 2. The molecular formula is C22H24N4O6. The SMILES string of the molecule is CC1CCN(c2ccc(C(=O)NNC(=O)[C@@H]3COc4ccccc4O3)cc2[N+](=O)[O-])CC1. The number of nitrogens with one attached hydrogen (secondary N) is 2. The van der Waals surface area contributed by atoms with E-state index in [9.17, 15) is 19.7 Å². The molecule has 0 aliphatic carbocycles. The smallest absolute Gasteiger partial charge is 0.293 e. The number of hydrazine groups is 1. The van der Waals surface area contributed by atoms with Crippen molar-refractivity contribution in [1.82, 2.24) is 10.9 Å². The van der Waals surface area contributed by atoms with Crippen LogP contribution in [-0.4, -0.2) is 42.5 Å². The van der Waals surface area contributed by atoms with E-state index in [1.165, 1.54) is 12.1 Å². The third kappa shape index (κ3) is 4.58. The molecule has 2 aliphatic rings. The van der Waals surface area contributed by atoms with Gasteiger partial charge >= 0.3 is 0 Å². The first-order chi connectivity index (χ1) is 15.4. The van der Waals surface area contributed by atoms with E-state index < -0.39 is 22.8 Å². The number of piperidine rings is 1. The Morgan fingerprint density at radius 1 is 1.09 bits per heavy atom. The van der Waals surface area contributed by atoms with Crippen LogP contribution in [0.5, 0.6) is 11.5 Å². The predicted octanol–water partition coefficient (Wildman–Crippen LogP) is 2.43. The van der Waals surface area contributed by atoms with Gasteiger partial charge in [-0.1, -0.05) is 19.1 Å². The van der Waals surface area contributed by atoms with Crippen molar-refractivity contribution >= 4 is 23.2 Å². The fraction of sp³-hybridized carbons (Fsp3) is 0.364. The summed E-state index contributed by atoms with van der Waals surface area (Å²) in [6.45, 7) is 3.62. The van der Waals surface area contributed by atoms with E-state index in [4.69, 9.17) is 9.47 Å². The van der Waals surface area contributed by atoms with E-state index in [0.717, 1.165) is 25.9 Å². The van der Waals surface area contributed by atoms with E-state index in [1.807, 2.05) is 4.90 Å². The van der Waals surface area contributed by atoms with Gasteiger partial charge in [-0.15, -0.1) is 0 Å². The molecule has 0 radical (unpaired) electrons. The summed E-state index contributed by atoms with van der Waals surface area (Å²) < 4.78 is 11.1. The summed E-state index contributed by atoms with van der Waals surface area (Å²) in [5, 5.41) is 11.6. The van der Waals surface area contributed by atoms with E-state index in [1.54, 1.807) is 30.3 Å². The Kier molecular flexibility index (Phi) is 6.11. The number of hydrogen-bond donors (Lipinski definition) is 2. The molecule has 0 unspecified atom stereocenters. The molecule has 2 aliphatic heterocycles. The van der Waals surface area contributed by atoms with Crippen LogP contribution in [0.25, 0.3) is 0 Å². The van der Waals surface area contributed by atoms with Crippen molar-refractivity contribution in [3.05, 3.63) is 58.1 Å². The van der Waals surface area contributed by atoms with Crippen LogP contribution < -0.4 is 25.2 Å². The molecule has 32 heavy (non-hydrogen) atoms. The number of amides is 2. The minimum atomic E-state index is -0.941. The van der Waals surface area contributed by atoms with Crippen LogP contribution in [0.4, 0.5) is 11.4 Å². The molecule has 0 bridgehead atoms. The number of rotatable bonds is 4. The lowest BCUT2D eigenvalue weighted by atomic mass is 9.98. The predicted molar refractivity (Wildman–Crippen MR) is 116 cm³/mol. The van der Waals surface area contributed by atoms with Crippen LogP contribution in [0.2, 0.25) is 0 Å². The number of carbonyl (C=O) groups is 2. The van der Waals surface area contributed by atoms with Crippen LogP contribution in [0, 0.1) is 16.0 Å². The van der Waals surface area contributed by atoms with Crippen molar-refractivity contribution < 1.29 is 24.0 Å². The lowest BCUT2D eigenvalue weighted by molar-refractivity contribution is -0.384. The summed E-state index contributed by atoms with van der Waals surface area (Å²) in [6.07, 6.45) is 0.981. The van der Waals surface area contributed by atoms with Gasteiger partial charge in [-0.3, -0.25) is 30.6 Å².